The average molecular weight is 351 g/mol. The molecule has 134 valence electrons. The maximum atomic E-state index is 12.8. The first kappa shape index (κ1) is 16.6. The van der Waals surface area contributed by atoms with Crippen LogP contribution in [0.3, 0.4) is 0 Å². The molecule has 0 aliphatic carbocycles. The maximum Gasteiger partial charge on any atom is 0.420 e. The lowest BCUT2D eigenvalue weighted by Gasteiger charge is -2.32. The van der Waals surface area contributed by atoms with Gasteiger partial charge in [-0.3, -0.25) is 9.36 Å². The molecule has 4 rings (SSSR count). The van der Waals surface area contributed by atoms with E-state index < -0.39 is 5.76 Å². The van der Waals surface area contributed by atoms with E-state index in [1.807, 2.05) is 35.2 Å². The second-order valence-electron chi connectivity index (χ2n) is 6.72. The zero-order valence-electron chi connectivity index (χ0n) is 14.7. The molecule has 0 radical (unpaired) electrons. The van der Waals surface area contributed by atoms with Crippen molar-refractivity contribution in [2.45, 2.75) is 6.54 Å². The Balaban J connectivity index is 1.67. The summed E-state index contributed by atoms with van der Waals surface area (Å²) in [6.07, 6.45) is 0. The molecule has 6 heteroatoms. The van der Waals surface area contributed by atoms with Crippen molar-refractivity contribution in [1.82, 2.24) is 14.4 Å². The van der Waals surface area contributed by atoms with E-state index in [9.17, 15) is 9.59 Å². The number of rotatable bonds is 3. The summed E-state index contributed by atoms with van der Waals surface area (Å²) in [4.78, 5) is 29.1. The van der Waals surface area contributed by atoms with Crippen LogP contribution in [0.15, 0.2) is 57.7 Å². The zero-order chi connectivity index (χ0) is 18.1. The molecule has 0 saturated carbocycles. The third kappa shape index (κ3) is 3.15. The van der Waals surface area contributed by atoms with E-state index in [-0.39, 0.29) is 5.91 Å². The molecule has 0 spiro atoms. The van der Waals surface area contributed by atoms with Crippen LogP contribution in [0.25, 0.3) is 11.1 Å². The number of piperazine rings is 1. The summed E-state index contributed by atoms with van der Waals surface area (Å²) < 4.78 is 6.92. The highest BCUT2D eigenvalue weighted by Crippen LogP contribution is 2.18. The van der Waals surface area contributed by atoms with Gasteiger partial charge in [0.05, 0.1) is 12.1 Å². The van der Waals surface area contributed by atoms with Crippen LogP contribution in [-0.2, 0) is 6.54 Å². The standard InChI is InChI=1S/C20H21N3O3/c1-21-9-11-22(12-10-21)19(24)16-7-8-18-17(13-16)23(20(25)26-18)14-15-5-3-2-4-6-15/h2-8,13H,9-12,14H2,1H3. The van der Waals surface area contributed by atoms with Gasteiger partial charge in [0.15, 0.2) is 5.58 Å². The molecule has 1 aliphatic rings. The molecule has 1 amide bonds. The molecule has 1 aliphatic heterocycles. The van der Waals surface area contributed by atoms with Crippen LogP contribution in [0.5, 0.6) is 0 Å². The molecule has 1 aromatic heterocycles. The first-order chi connectivity index (χ1) is 12.6. The minimum atomic E-state index is -0.409. The molecule has 3 aromatic rings. The summed E-state index contributed by atoms with van der Waals surface area (Å²) in [6.45, 7) is 3.60. The quantitative estimate of drug-likeness (QED) is 0.724. The molecule has 1 fully saturated rings. The lowest BCUT2D eigenvalue weighted by Crippen LogP contribution is -2.47. The number of benzene rings is 2. The number of aromatic nitrogens is 1. The maximum absolute atomic E-state index is 12.8. The highest BCUT2D eigenvalue weighted by molar-refractivity contribution is 5.97. The number of oxazole rings is 1. The van der Waals surface area contributed by atoms with Crippen LogP contribution in [0.1, 0.15) is 15.9 Å². The zero-order valence-corrected chi connectivity index (χ0v) is 14.7. The summed E-state index contributed by atoms with van der Waals surface area (Å²) in [5.74, 6) is -0.409. The van der Waals surface area contributed by atoms with Crippen LogP contribution < -0.4 is 5.76 Å². The minimum absolute atomic E-state index is 0.0000832. The number of hydrogen-bond donors (Lipinski definition) is 0. The van der Waals surface area contributed by atoms with Gasteiger partial charge < -0.3 is 14.2 Å². The second kappa shape index (κ2) is 6.80. The van der Waals surface area contributed by atoms with Gasteiger partial charge in [-0.1, -0.05) is 30.3 Å². The molecule has 2 heterocycles. The van der Waals surface area contributed by atoms with Crippen molar-refractivity contribution in [2.24, 2.45) is 0 Å². The molecular weight excluding hydrogens is 330 g/mol. The Morgan fingerprint density at radius 2 is 1.77 bits per heavy atom. The van der Waals surface area contributed by atoms with Crippen LogP contribution in [0, 0.1) is 0 Å². The van der Waals surface area contributed by atoms with E-state index in [1.54, 1.807) is 22.8 Å². The number of fused-ring (bicyclic) bond motifs is 1. The van der Waals surface area contributed by atoms with Crippen molar-refractivity contribution >= 4 is 17.0 Å². The van der Waals surface area contributed by atoms with Gasteiger partial charge in [0.1, 0.15) is 0 Å². The van der Waals surface area contributed by atoms with Crippen LogP contribution in [0.4, 0.5) is 0 Å². The first-order valence-electron chi connectivity index (χ1n) is 8.77. The van der Waals surface area contributed by atoms with Crippen molar-refractivity contribution in [2.75, 3.05) is 33.2 Å². The number of nitrogens with zero attached hydrogens (tertiary/aromatic N) is 3. The number of amides is 1. The van der Waals surface area contributed by atoms with Crippen LogP contribution >= 0.6 is 0 Å². The van der Waals surface area contributed by atoms with E-state index in [0.717, 1.165) is 31.7 Å². The predicted octanol–water partition coefficient (Wildman–Crippen LogP) is 2.03. The van der Waals surface area contributed by atoms with E-state index in [0.29, 0.717) is 23.2 Å². The minimum Gasteiger partial charge on any atom is -0.408 e. The molecule has 6 nitrogen and oxygen atoms in total. The number of carbonyl (C=O) groups is 1. The largest absolute Gasteiger partial charge is 0.420 e. The van der Waals surface area contributed by atoms with Gasteiger partial charge in [-0.05, 0) is 30.8 Å². The molecule has 0 unspecified atom stereocenters. The molecule has 2 aromatic carbocycles. The van der Waals surface area contributed by atoms with Crippen molar-refractivity contribution < 1.29 is 9.21 Å². The van der Waals surface area contributed by atoms with Crippen molar-refractivity contribution in [3.05, 3.63) is 70.2 Å². The van der Waals surface area contributed by atoms with Gasteiger partial charge in [0.2, 0.25) is 0 Å². The Morgan fingerprint density at radius 1 is 1.04 bits per heavy atom. The summed E-state index contributed by atoms with van der Waals surface area (Å²) in [7, 11) is 2.06. The van der Waals surface area contributed by atoms with E-state index >= 15 is 0 Å². The monoisotopic (exact) mass is 351 g/mol. The number of hydrogen-bond acceptors (Lipinski definition) is 4. The SMILES string of the molecule is CN1CCN(C(=O)c2ccc3oc(=O)n(Cc4ccccc4)c3c2)CC1. The van der Waals surface area contributed by atoms with Crippen molar-refractivity contribution in [1.29, 1.82) is 0 Å². The molecule has 0 N–H and O–H groups in total. The van der Waals surface area contributed by atoms with Gasteiger partial charge in [-0.15, -0.1) is 0 Å². The van der Waals surface area contributed by atoms with Crippen LogP contribution in [0.2, 0.25) is 0 Å². The Kier molecular flexibility index (Phi) is 4.34. The molecule has 1 saturated heterocycles. The van der Waals surface area contributed by atoms with Gasteiger partial charge in [-0.2, -0.15) is 0 Å². The normalized spacial score (nSPS) is 15.5. The van der Waals surface area contributed by atoms with Gasteiger partial charge in [0.25, 0.3) is 5.91 Å². The average Bonchev–Trinajstić information content (AvgIpc) is 2.97. The highest BCUT2D eigenvalue weighted by Gasteiger charge is 2.21. The number of likely N-dealkylation sites (N-methyl/N-ethyl adjacent to an activating group) is 1. The van der Waals surface area contributed by atoms with E-state index in [2.05, 4.69) is 11.9 Å². The fraction of sp³-hybridized carbons (Fsp3) is 0.300. The lowest BCUT2D eigenvalue weighted by atomic mass is 10.1. The van der Waals surface area contributed by atoms with Gasteiger partial charge in [-0.25, -0.2) is 4.79 Å². The predicted molar refractivity (Wildman–Crippen MR) is 99.4 cm³/mol. The summed E-state index contributed by atoms with van der Waals surface area (Å²) in [6, 6.07) is 14.9. The Labute approximate surface area is 151 Å². The lowest BCUT2D eigenvalue weighted by molar-refractivity contribution is 0.0664. The summed E-state index contributed by atoms with van der Waals surface area (Å²) in [5.41, 5.74) is 2.75. The smallest absolute Gasteiger partial charge is 0.408 e. The fourth-order valence-corrected chi connectivity index (χ4v) is 3.30. The van der Waals surface area contributed by atoms with Crippen molar-refractivity contribution in [3.8, 4) is 0 Å². The third-order valence-electron chi connectivity index (χ3n) is 4.89. The number of carbonyl (C=O) groups excluding carboxylic acids is 1. The Morgan fingerprint density at radius 3 is 2.50 bits per heavy atom. The first-order valence-corrected chi connectivity index (χ1v) is 8.77. The van der Waals surface area contributed by atoms with E-state index in [1.165, 1.54) is 0 Å². The Hall–Kier alpha value is -2.86. The van der Waals surface area contributed by atoms with Gasteiger partial charge in [0, 0.05) is 31.7 Å². The second-order valence-corrected chi connectivity index (χ2v) is 6.72. The van der Waals surface area contributed by atoms with E-state index in [4.69, 9.17) is 4.42 Å². The summed E-state index contributed by atoms with van der Waals surface area (Å²) >= 11 is 0. The molecular formula is C20H21N3O3. The fourth-order valence-electron chi connectivity index (χ4n) is 3.30. The Bertz CT molecular complexity index is 982. The van der Waals surface area contributed by atoms with Crippen molar-refractivity contribution in [3.63, 3.8) is 0 Å². The van der Waals surface area contributed by atoms with Crippen LogP contribution in [-0.4, -0.2) is 53.5 Å². The topological polar surface area (TPSA) is 58.7 Å². The summed E-state index contributed by atoms with van der Waals surface area (Å²) in [5, 5.41) is 0. The molecule has 26 heavy (non-hydrogen) atoms. The third-order valence-corrected chi connectivity index (χ3v) is 4.89. The molecule has 0 atom stereocenters. The highest BCUT2D eigenvalue weighted by atomic mass is 16.4. The van der Waals surface area contributed by atoms with Gasteiger partial charge >= 0.3 is 5.76 Å². The molecule has 0 bridgehead atoms.